The molecule has 88 valence electrons. The Morgan fingerprint density at radius 2 is 1.88 bits per heavy atom. The van der Waals surface area contributed by atoms with Crippen LogP contribution in [0.15, 0.2) is 24.3 Å². The molecule has 0 amide bonds. The second-order valence-corrected chi connectivity index (χ2v) is 4.91. The summed E-state index contributed by atoms with van der Waals surface area (Å²) < 4.78 is 13.9. The number of likely N-dealkylation sites (N-methyl/N-ethyl adjacent to an activating group) is 2. The van der Waals surface area contributed by atoms with Gasteiger partial charge >= 0.3 is 0 Å². The minimum atomic E-state index is -0.224. The third-order valence-electron chi connectivity index (χ3n) is 3.69. The van der Waals surface area contributed by atoms with Gasteiger partial charge in [-0.25, -0.2) is 4.39 Å². The lowest BCUT2D eigenvalue weighted by Gasteiger charge is -2.46. The second kappa shape index (κ2) is 4.15. The summed E-state index contributed by atoms with van der Waals surface area (Å²) >= 11 is 0. The van der Waals surface area contributed by atoms with Crippen LogP contribution in [0.25, 0.3) is 0 Å². The Labute approximate surface area is 96.7 Å². The van der Waals surface area contributed by atoms with Crippen molar-refractivity contribution in [3.05, 3.63) is 35.6 Å². The summed E-state index contributed by atoms with van der Waals surface area (Å²) in [5, 5.41) is 0. The average Bonchev–Trinajstić information content (AvgIpc) is 2.24. The molecule has 1 aliphatic rings. The van der Waals surface area contributed by atoms with E-state index >= 15 is 0 Å². The van der Waals surface area contributed by atoms with Crippen molar-refractivity contribution >= 4 is 0 Å². The van der Waals surface area contributed by atoms with Gasteiger partial charge in [0.15, 0.2) is 0 Å². The fourth-order valence-electron chi connectivity index (χ4n) is 2.48. The molecule has 1 aromatic carbocycles. The van der Waals surface area contributed by atoms with Crippen molar-refractivity contribution in [1.82, 2.24) is 9.80 Å². The SMILES string of the molecule is CN1CCN(C)C(C)(c2ccccc2F)C1. The first-order chi connectivity index (χ1) is 7.54. The summed E-state index contributed by atoms with van der Waals surface area (Å²) in [5.41, 5.74) is 0.572. The molecule has 3 heteroatoms. The van der Waals surface area contributed by atoms with E-state index < -0.39 is 0 Å². The van der Waals surface area contributed by atoms with E-state index in [0.717, 1.165) is 25.2 Å². The van der Waals surface area contributed by atoms with Crippen LogP contribution < -0.4 is 0 Å². The number of piperazine rings is 1. The smallest absolute Gasteiger partial charge is 0.128 e. The normalized spacial score (nSPS) is 28.2. The first-order valence-electron chi connectivity index (χ1n) is 5.69. The molecule has 1 fully saturated rings. The standard InChI is InChI=1S/C13H19FN2/c1-13(10-15(2)8-9-16(13)3)11-6-4-5-7-12(11)14/h4-7H,8-10H2,1-3H3. The van der Waals surface area contributed by atoms with E-state index in [0.29, 0.717) is 0 Å². The quantitative estimate of drug-likeness (QED) is 0.716. The summed E-state index contributed by atoms with van der Waals surface area (Å²) in [5.74, 6) is -0.104. The number of nitrogens with zero attached hydrogens (tertiary/aromatic N) is 2. The fraction of sp³-hybridized carbons (Fsp3) is 0.538. The van der Waals surface area contributed by atoms with Crippen LogP contribution in [-0.2, 0) is 5.54 Å². The van der Waals surface area contributed by atoms with E-state index in [-0.39, 0.29) is 11.4 Å². The maximum absolute atomic E-state index is 13.9. The second-order valence-electron chi connectivity index (χ2n) is 4.91. The molecule has 0 bridgehead atoms. The van der Waals surface area contributed by atoms with Crippen LogP contribution in [0.5, 0.6) is 0 Å². The molecule has 0 aliphatic carbocycles. The lowest BCUT2D eigenvalue weighted by Crippen LogP contribution is -2.56. The van der Waals surface area contributed by atoms with Crippen molar-refractivity contribution in [2.75, 3.05) is 33.7 Å². The van der Waals surface area contributed by atoms with Crippen molar-refractivity contribution in [2.24, 2.45) is 0 Å². The average molecular weight is 222 g/mol. The van der Waals surface area contributed by atoms with Gasteiger partial charge in [-0.15, -0.1) is 0 Å². The molecule has 0 N–H and O–H groups in total. The molecule has 0 radical (unpaired) electrons. The van der Waals surface area contributed by atoms with E-state index in [2.05, 4.69) is 30.8 Å². The predicted octanol–water partition coefficient (Wildman–Crippen LogP) is 1.92. The van der Waals surface area contributed by atoms with E-state index in [1.807, 2.05) is 12.1 Å². The summed E-state index contributed by atoms with van der Waals surface area (Å²) in [6, 6.07) is 7.09. The predicted molar refractivity (Wildman–Crippen MR) is 63.9 cm³/mol. The molecule has 0 saturated carbocycles. The lowest BCUT2D eigenvalue weighted by atomic mass is 9.87. The van der Waals surface area contributed by atoms with Crippen LogP contribution in [0.1, 0.15) is 12.5 Å². The zero-order valence-corrected chi connectivity index (χ0v) is 10.2. The number of benzene rings is 1. The Morgan fingerprint density at radius 3 is 2.56 bits per heavy atom. The van der Waals surface area contributed by atoms with E-state index in [4.69, 9.17) is 0 Å². The summed E-state index contributed by atoms with van der Waals surface area (Å²) in [4.78, 5) is 4.50. The summed E-state index contributed by atoms with van der Waals surface area (Å²) in [6.07, 6.45) is 0. The van der Waals surface area contributed by atoms with E-state index in [9.17, 15) is 4.39 Å². The third-order valence-corrected chi connectivity index (χ3v) is 3.69. The Morgan fingerprint density at radius 1 is 1.19 bits per heavy atom. The number of hydrogen-bond donors (Lipinski definition) is 0. The van der Waals surface area contributed by atoms with Gasteiger partial charge in [0.25, 0.3) is 0 Å². The highest BCUT2D eigenvalue weighted by molar-refractivity contribution is 5.26. The van der Waals surface area contributed by atoms with Crippen LogP contribution >= 0.6 is 0 Å². The number of halogens is 1. The van der Waals surface area contributed by atoms with Gasteiger partial charge in [0.1, 0.15) is 5.82 Å². The maximum atomic E-state index is 13.9. The topological polar surface area (TPSA) is 6.48 Å². The molecule has 0 spiro atoms. The van der Waals surface area contributed by atoms with Gasteiger partial charge in [0, 0.05) is 25.2 Å². The molecule has 16 heavy (non-hydrogen) atoms. The van der Waals surface area contributed by atoms with Crippen molar-refractivity contribution in [3.8, 4) is 0 Å². The van der Waals surface area contributed by atoms with Gasteiger partial charge < -0.3 is 4.90 Å². The molecule has 1 unspecified atom stereocenters. The Hall–Kier alpha value is -0.930. The van der Waals surface area contributed by atoms with Gasteiger partial charge in [0.05, 0.1) is 5.54 Å². The van der Waals surface area contributed by atoms with Crippen molar-refractivity contribution in [3.63, 3.8) is 0 Å². The van der Waals surface area contributed by atoms with Crippen LogP contribution in [-0.4, -0.2) is 43.5 Å². The Kier molecular flexibility index (Phi) is 3.00. The van der Waals surface area contributed by atoms with Gasteiger partial charge in [-0.1, -0.05) is 18.2 Å². The molecule has 1 saturated heterocycles. The lowest BCUT2D eigenvalue weighted by molar-refractivity contribution is 0.0354. The van der Waals surface area contributed by atoms with Crippen LogP contribution in [0, 0.1) is 5.82 Å². The van der Waals surface area contributed by atoms with Crippen LogP contribution in [0.4, 0.5) is 4.39 Å². The zero-order valence-electron chi connectivity index (χ0n) is 10.2. The molecule has 0 aromatic heterocycles. The van der Waals surface area contributed by atoms with Crippen molar-refractivity contribution in [1.29, 1.82) is 0 Å². The molecule has 1 aromatic rings. The Balaban J connectivity index is 2.40. The van der Waals surface area contributed by atoms with Gasteiger partial charge in [-0.3, -0.25) is 4.90 Å². The van der Waals surface area contributed by atoms with Gasteiger partial charge in [-0.05, 0) is 27.1 Å². The largest absolute Gasteiger partial charge is 0.303 e. The minimum Gasteiger partial charge on any atom is -0.303 e. The first kappa shape index (κ1) is 11.6. The number of hydrogen-bond acceptors (Lipinski definition) is 2. The molecule has 2 rings (SSSR count). The minimum absolute atomic E-state index is 0.104. The fourth-order valence-corrected chi connectivity index (χ4v) is 2.48. The van der Waals surface area contributed by atoms with Crippen molar-refractivity contribution < 1.29 is 4.39 Å². The Bertz CT molecular complexity index is 380. The highest BCUT2D eigenvalue weighted by Gasteiger charge is 2.37. The first-order valence-corrected chi connectivity index (χ1v) is 5.69. The molecule has 1 aliphatic heterocycles. The van der Waals surface area contributed by atoms with E-state index in [1.54, 1.807) is 12.1 Å². The zero-order chi connectivity index (χ0) is 11.8. The van der Waals surface area contributed by atoms with E-state index in [1.165, 1.54) is 0 Å². The molecule has 2 nitrogen and oxygen atoms in total. The summed E-state index contributed by atoms with van der Waals surface area (Å²) in [7, 11) is 4.16. The molecular weight excluding hydrogens is 203 g/mol. The monoisotopic (exact) mass is 222 g/mol. The maximum Gasteiger partial charge on any atom is 0.128 e. The molecule has 1 atom stereocenters. The van der Waals surface area contributed by atoms with Crippen molar-refractivity contribution in [2.45, 2.75) is 12.5 Å². The third kappa shape index (κ3) is 1.85. The van der Waals surface area contributed by atoms with Crippen LogP contribution in [0.3, 0.4) is 0 Å². The van der Waals surface area contributed by atoms with Gasteiger partial charge in [0.2, 0.25) is 0 Å². The molecular formula is C13H19FN2. The van der Waals surface area contributed by atoms with Crippen LogP contribution in [0.2, 0.25) is 0 Å². The highest BCUT2D eigenvalue weighted by atomic mass is 19.1. The summed E-state index contributed by atoms with van der Waals surface area (Å²) in [6.45, 7) is 4.99. The van der Waals surface area contributed by atoms with Gasteiger partial charge in [-0.2, -0.15) is 0 Å². The highest BCUT2D eigenvalue weighted by Crippen LogP contribution is 2.31. The number of rotatable bonds is 1. The molecule has 1 heterocycles.